The topological polar surface area (TPSA) is 61.8 Å². The maximum atomic E-state index is 10.0. The fraction of sp³-hybridized carbons (Fsp3) is 0.800. The lowest BCUT2D eigenvalue weighted by Crippen LogP contribution is -2.13. The summed E-state index contributed by atoms with van der Waals surface area (Å²) in [5.41, 5.74) is 0. The molecule has 2 rings (SSSR count). The summed E-state index contributed by atoms with van der Waals surface area (Å²) in [5.74, 6) is 0.988. The third-order valence-electron chi connectivity index (χ3n) is 3.06. The van der Waals surface area contributed by atoms with E-state index in [-0.39, 0.29) is 0 Å². The summed E-state index contributed by atoms with van der Waals surface area (Å²) in [5, 5.41) is 16.5. The van der Waals surface area contributed by atoms with Crippen LogP contribution in [0.2, 0.25) is 0 Å². The van der Waals surface area contributed by atoms with Crippen molar-refractivity contribution >= 4 is 0 Å². The van der Waals surface area contributed by atoms with Crippen LogP contribution in [0, 0.1) is 5.92 Å². The zero-order chi connectivity index (χ0) is 9.80. The lowest BCUT2D eigenvalue weighted by atomic mass is 9.94. The number of rotatable bonds is 2. The van der Waals surface area contributed by atoms with Gasteiger partial charge in [0, 0.05) is 0 Å². The van der Waals surface area contributed by atoms with Crippen molar-refractivity contribution in [2.24, 2.45) is 5.92 Å². The molecule has 4 heteroatoms. The fourth-order valence-corrected chi connectivity index (χ4v) is 2.21. The molecule has 0 spiro atoms. The second-order valence-corrected chi connectivity index (χ2v) is 4.07. The standard InChI is InChI=1S/C10H17N3O/c14-9(10-11-7-12-13-10)8-5-3-1-2-4-6-8/h7-9,14H,1-6H2,(H,11,12,13). The van der Waals surface area contributed by atoms with Gasteiger partial charge in [-0.15, -0.1) is 0 Å². The summed E-state index contributed by atoms with van der Waals surface area (Å²) in [6.45, 7) is 0. The van der Waals surface area contributed by atoms with Crippen LogP contribution in [0.5, 0.6) is 0 Å². The van der Waals surface area contributed by atoms with E-state index in [4.69, 9.17) is 0 Å². The highest BCUT2D eigenvalue weighted by Crippen LogP contribution is 2.31. The quantitative estimate of drug-likeness (QED) is 0.707. The molecule has 14 heavy (non-hydrogen) atoms. The molecule has 0 saturated heterocycles. The third kappa shape index (κ3) is 2.12. The maximum absolute atomic E-state index is 10.0. The van der Waals surface area contributed by atoms with Crippen molar-refractivity contribution in [1.82, 2.24) is 15.2 Å². The third-order valence-corrected chi connectivity index (χ3v) is 3.06. The molecule has 1 heterocycles. The van der Waals surface area contributed by atoms with Crippen LogP contribution in [0.3, 0.4) is 0 Å². The van der Waals surface area contributed by atoms with Gasteiger partial charge >= 0.3 is 0 Å². The van der Waals surface area contributed by atoms with Gasteiger partial charge in [-0.2, -0.15) is 5.10 Å². The smallest absolute Gasteiger partial charge is 0.153 e. The molecule has 0 amide bonds. The van der Waals surface area contributed by atoms with Crippen LogP contribution in [0.15, 0.2) is 6.33 Å². The Morgan fingerprint density at radius 2 is 2.00 bits per heavy atom. The van der Waals surface area contributed by atoms with E-state index in [1.165, 1.54) is 32.0 Å². The van der Waals surface area contributed by atoms with Crippen LogP contribution in [0.4, 0.5) is 0 Å². The Kier molecular flexibility index (Phi) is 3.14. The Hall–Kier alpha value is -0.900. The highest BCUT2D eigenvalue weighted by Gasteiger charge is 2.23. The van der Waals surface area contributed by atoms with Gasteiger partial charge < -0.3 is 5.11 Å². The summed E-state index contributed by atoms with van der Waals surface area (Å²) >= 11 is 0. The zero-order valence-electron chi connectivity index (χ0n) is 8.32. The number of nitrogens with one attached hydrogen (secondary N) is 1. The molecule has 1 aliphatic carbocycles. The highest BCUT2D eigenvalue weighted by atomic mass is 16.3. The average molecular weight is 195 g/mol. The molecule has 1 fully saturated rings. The van der Waals surface area contributed by atoms with Gasteiger partial charge in [0.1, 0.15) is 12.4 Å². The van der Waals surface area contributed by atoms with Gasteiger partial charge in [-0.05, 0) is 18.8 Å². The minimum Gasteiger partial charge on any atom is -0.385 e. The molecule has 4 nitrogen and oxygen atoms in total. The largest absolute Gasteiger partial charge is 0.385 e. The maximum Gasteiger partial charge on any atom is 0.153 e. The first-order chi connectivity index (χ1) is 6.88. The predicted molar refractivity (Wildman–Crippen MR) is 52.5 cm³/mol. The van der Waals surface area contributed by atoms with Crippen LogP contribution in [0.1, 0.15) is 50.5 Å². The lowest BCUT2D eigenvalue weighted by Gasteiger charge is -2.18. The normalized spacial score (nSPS) is 21.8. The molecular weight excluding hydrogens is 178 g/mol. The van der Waals surface area contributed by atoms with Gasteiger partial charge in [-0.25, -0.2) is 4.98 Å². The minimum atomic E-state index is -0.449. The number of H-pyrrole nitrogens is 1. The molecular formula is C10H17N3O. The van der Waals surface area contributed by atoms with E-state index in [1.807, 2.05) is 0 Å². The lowest BCUT2D eigenvalue weighted by molar-refractivity contribution is 0.0908. The number of hydrogen-bond donors (Lipinski definition) is 2. The van der Waals surface area contributed by atoms with E-state index < -0.39 is 6.10 Å². The van der Waals surface area contributed by atoms with Crippen molar-refractivity contribution in [3.8, 4) is 0 Å². The molecule has 2 N–H and O–H groups in total. The minimum absolute atomic E-state index is 0.366. The van der Waals surface area contributed by atoms with Crippen LogP contribution in [-0.4, -0.2) is 20.3 Å². The number of hydrogen-bond acceptors (Lipinski definition) is 3. The second kappa shape index (κ2) is 4.55. The molecule has 1 saturated carbocycles. The summed E-state index contributed by atoms with van der Waals surface area (Å²) in [6.07, 6.45) is 8.31. The fourth-order valence-electron chi connectivity index (χ4n) is 2.21. The summed E-state index contributed by atoms with van der Waals surface area (Å²) in [7, 11) is 0. The number of aromatic amines is 1. The highest BCUT2D eigenvalue weighted by molar-refractivity contribution is 4.90. The first-order valence-electron chi connectivity index (χ1n) is 5.41. The predicted octanol–water partition coefficient (Wildman–Crippen LogP) is 1.81. The number of aliphatic hydroxyl groups excluding tert-OH is 1. The number of aromatic nitrogens is 3. The monoisotopic (exact) mass is 195 g/mol. The molecule has 78 valence electrons. The van der Waals surface area contributed by atoms with E-state index >= 15 is 0 Å². The van der Waals surface area contributed by atoms with Crippen LogP contribution in [0.25, 0.3) is 0 Å². The van der Waals surface area contributed by atoms with Crippen molar-refractivity contribution in [3.63, 3.8) is 0 Å². The SMILES string of the molecule is OC(c1ncn[nH]1)C1CCCCCC1. The van der Waals surface area contributed by atoms with Crippen LogP contribution >= 0.6 is 0 Å². The Morgan fingerprint density at radius 3 is 2.57 bits per heavy atom. The molecule has 1 aliphatic rings. The summed E-state index contributed by atoms with van der Waals surface area (Å²) < 4.78 is 0. The van der Waals surface area contributed by atoms with Gasteiger partial charge in [0.2, 0.25) is 0 Å². The Labute approximate surface area is 83.8 Å². The van der Waals surface area contributed by atoms with E-state index in [9.17, 15) is 5.11 Å². The van der Waals surface area contributed by atoms with Crippen molar-refractivity contribution in [2.45, 2.75) is 44.6 Å². The molecule has 0 aromatic carbocycles. The van der Waals surface area contributed by atoms with Crippen molar-refractivity contribution < 1.29 is 5.11 Å². The molecule has 1 atom stereocenters. The van der Waals surface area contributed by atoms with Gasteiger partial charge in [0.25, 0.3) is 0 Å². The first kappa shape index (κ1) is 9.65. The summed E-state index contributed by atoms with van der Waals surface area (Å²) in [4.78, 5) is 4.01. The van der Waals surface area contributed by atoms with E-state index in [2.05, 4.69) is 15.2 Å². The molecule has 0 bridgehead atoms. The second-order valence-electron chi connectivity index (χ2n) is 4.07. The molecule has 1 aromatic heterocycles. The molecule has 1 unspecified atom stereocenters. The first-order valence-corrected chi connectivity index (χ1v) is 5.41. The Bertz CT molecular complexity index is 252. The molecule has 1 aromatic rings. The molecule has 0 aliphatic heterocycles. The van der Waals surface area contributed by atoms with Gasteiger partial charge in [-0.1, -0.05) is 25.7 Å². The number of aliphatic hydroxyl groups is 1. The Morgan fingerprint density at radius 1 is 1.29 bits per heavy atom. The Balaban J connectivity index is 1.99. The van der Waals surface area contributed by atoms with Gasteiger partial charge in [0.05, 0.1) is 0 Å². The van der Waals surface area contributed by atoms with Crippen molar-refractivity contribution in [3.05, 3.63) is 12.2 Å². The van der Waals surface area contributed by atoms with Crippen molar-refractivity contribution in [2.75, 3.05) is 0 Å². The van der Waals surface area contributed by atoms with Gasteiger partial charge in [-0.3, -0.25) is 5.10 Å². The van der Waals surface area contributed by atoms with Crippen LogP contribution in [-0.2, 0) is 0 Å². The van der Waals surface area contributed by atoms with E-state index in [1.54, 1.807) is 0 Å². The van der Waals surface area contributed by atoms with Crippen LogP contribution < -0.4 is 0 Å². The molecule has 0 radical (unpaired) electrons. The zero-order valence-corrected chi connectivity index (χ0v) is 8.32. The van der Waals surface area contributed by atoms with E-state index in [0.29, 0.717) is 11.7 Å². The summed E-state index contributed by atoms with van der Waals surface area (Å²) in [6, 6.07) is 0. The average Bonchev–Trinajstić information content (AvgIpc) is 2.59. The van der Waals surface area contributed by atoms with Gasteiger partial charge in [0.15, 0.2) is 5.82 Å². The van der Waals surface area contributed by atoms with Crippen molar-refractivity contribution in [1.29, 1.82) is 0 Å². The number of nitrogens with zero attached hydrogens (tertiary/aromatic N) is 2. The van der Waals surface area contributed by atoms with E-state index in [0.717, 1.165) is 12.8 Å².